The largest absolute Gasteiger partial charge is 0.273 e. The second-order valence-electron chi connectivity index (χ2n) is 4.66. The number of carbonyl (C=O) groups excluding carboxylic acids is 1. The van der Waals surface area contributed by atoms with E-state index in [1.54, 1.807) is 0 Å². The topological polar surface area (TPSA) is 38.3 Å². The smallest absolute Gasteiger partial charge is 0.243 e. The summed E-state index contributed by atoms with van der Waals surface area (Å²) >= 11 is 0. The van der Waals surface area contributed by atoms with Gasteiger partial charge in [0.1, 0.15) is 0 Å². The molecule has 3 nitrogen and oxygen atoms in total. The maximum atomic E-state index is 11.1. The molecule has 1 amide bonds. The molecule has 1 aliphatic carbocycles. The Morgan fingerprint density at radius 1 is 1.28 bits per heavy atom. The number of hydrogen-bond acceptors (Lipinski definition) is 2. The molecule has 0 heterocycles. The van der Waals surface area contributed by atoms with Crippen molar-refractivity contribution in [3.63, 3.8) is 0 Å². The predicted molar refractivity (Wildman–Crippen MR) is 73.9 cm³/mol. The molecule has 0 atom stereocenters. The van der Waals surface area contributed by atoms with Crippen LogP contribution in [0, 0.1) is 5.92 Å². The molecule has 0 aliphatic heterocycles. The average Bonchev–Trinajstić information content (AvgIpc) is 3.21. The van der Waals surface area contributed by atoms with E-state index in [1.165, 1.54) is 24.0 Å². The van der Waals surface area contributed by atoms with Crippen LogP contribution < -0.4 is 5.48 Å². The Kier molecular flexibility index (Phi) is 6.73. The van der Waals surface area contributed by atoms with E-state index in [2.05, 4.69) is 31.5 Å². The molecule has 0 aromatic heterocycles. The molecule has 1 rings (SSSR count). The minimum Gasteiger partial charge on any atom is -0.273 e. The fraction of sp³-hybridized carbons (Fsp3) is 0.667. The van der Waals surface area contributed by atoms with E-state index in [0.29, 0.717) is 18.9 Å². The third-order valence-corrected chi connectivity index (χ3v) is 3.14. The van der Waals surface area contributed by atoms with Crippen molar-refractivity contribution in [1.29, 1.82) is 0 Å². The first-order chi connectivity index (χ1) is 8.72. The molecule has 1 N–H and O–H groups in total. The van der Waals surface area contributed by atoms with E-state index < -0.39 is 0 Å². The summed E-state index contributed by atoms with van der Waals surface area (Å²) in [6.45, 7) is 6.60. The van der Waals surface area contributed by atoms with Crippen LogP contribution >= 0.6 is 0 Å². The molecule has 0 saturated heterocycles. The van der Waals surface area contributed by atoms with Gasteiger partial charge in [0, 0.05) is 6.42 Å². The van der Waals surface area contributed by atoms with E-state index in [-0.39, 0.29) is 5.91 Å². The number of hydroxylamine groups is 1. The van der Waals surface area contributed by atoms with Crippen molar-refractivity contribution in [1.82, 2.24) is 5.48 Å². The van der Waals surface area contributed by atoms with Gasteiger partial charge in [-0.3, -0.25) is 9.63 Å². The molecule has 1 fully saturated rings. The van der Waals surface area contributed by atoms with Crippen molar-refractivity contribution in [2.75, 3.05) is 6.61 Å². The molecule has 0 bridgehead atoms. The molecule has 1 saturated carbocycles. The van der Waals surface area contributed by atoms with Crippen LogP contribution in [-0.4, -0.2) is 12.5 Å². The van der Waals surface area contributed by atoms with E-state index in [1.807, 2.05) is 6.92 Å². The highest BCUT2D eigenvalue weighted by atomic mass is 16.6. The van der Waals surface area contributed by atoms with Gasteiger partial charge in [0.25, 0.3) is 0 Å². The zero-order valence-corrected chi connectivity index (χ0v) is 11.8. The van der Waals surface area contributed by atoms with Crippen molar-refractivity contribution < 1.29 is 9.63 Å². The van der Waals surface area contributed by atoms with E-state index in [9.17, 15) is 4.79 Å². The van der Waals surface area contributed by atoms with Gasteiger partial charge in [-0.2, -0.15) is 0 Å². The fourth-order valence-electron chi connectivity index (χ4n) is 1.85. The zero-order valence-electron chi connectivity index (χ0n) is 11.8. The van der Waals surface area contributed by atoms with Gasteiger partial charge in [-0.1, -0.05) is 32.9 Å². The second kappa shape index (κ2) is 8.09. The summed E-state index contributed by atoms with van der Waals surface area (Å²) in [4.78, 5) is 16.4. The molecule has 18 heavy (non-hydrogen) atoms. The first-order valence-electron chi connectivity index (χ1n) is 7.01. The lowest BCUT2D eigenvalue weighted by molar-refractivity contribution is -0.132. The van der Waals surface area contributed by atoms with Crippen LogP contribution in [0.1, 0.15) is 52.9 Å². The molecular formula is C15H25NO2. The van der Waals surface area contributed by atoms with Crippen molar-refractivity contribution in [3.8, 4) is 0 Å². The van der Waals surface area contributed by atoms with Gasteiger partial charge in [-0.25, -0.2) is 5.48 Å². The minimum absolute atomic E-state index is 0.0671. The second-order valence-corrected chi connectivity index (χ2v) is 4.66. The normalized spacial score (nSPS) is 16.8. The Hall–Kier alpha value is -1.09. The van der Waals surface area contributed by atoms with Gasteiger partial charge in [-0.05, 0) is 42.7 Å². The van der Waals surface area contributed by atoms with Crippen LogP contribution in [0.25, 0.3) is 0 Å². The maximum absolute atomic E-state index is 11.1. The van der Waals surface area contributed by atoms with E-state index in [0.717, 1.165) is 12.8 Å². The van der Waals surface area contributed by atoms with Crippen LogP contribution in [0.2, 0.25) is 0 Å². The van der Waals surface area contributed by atoms with Crippen molar-refractivity contribution >= 4 is 5.91 Å². The molecule has 0 spiro atoms. The highest BCUT2D eigenvalue weighted by Gasteiger charge is 2.26. The highest BCUT2D eigenvalue weighted by molar-refractivity contribution is 5.74. The van der Waals surface area contributed by atoms with Crippen LogP contribution in [0.5, 0.6) is 0 Å². The summed E-state index contributed by atoms with van der Waals surface area (Å²) in [5, 5.41) is 0. The number of carbonyl (C=O) groups is 1. The molecule has 0 radical (unpaired) electrons. The number of hydrogen-bond donors (Lipinski definition) is 1. The van der Waals surface area contributed by atoms with Crippen LogP contribution in [0.15, 0.2) is 23.3 Å². The Labute approximate surface area is 110 Å². The van der Waals surface area contributed by atoms with E-state index >= 15 is 0 Å². The maximum Gasteiger partial charge on any atom is 0.243 e. The highest BCUT2D eigenvalue weighted by Crippen LogP contribution is 2.39. The summed E-state index contributed by atoms with van der Waals surface area (Å²) in [5.74, 6) is 0.649. The number of amides is 1. The summed E-state index contributed by atoms with van der Waals surface area (Å²) in [5.41, 5.74) is 5.20. The average molecular weight is 251 g/mol. The molecular weight excluding hydrogens is 226 g/mol. The van der Waals surface area contributed by atoms with Crippen molar-refractivity contribution in [3.05, 3.63) is 23.3 Å². The van der Waals surface area contributed by atoms with Crippen molar-refractivity contribution in [2.24, 2.45) is 5.92 Å². The SMILES string of the molecule is CC/C=C\C(=C(/CC)CONC(=O)CC)C1CC1. The van der Waals surface area contributed by atoms with Gasteiger partial charge >= 0.3 is 0 Å². The van der Waals surface area contributed by atoms with Gasteiger partial charge in [-0.15, -0.1) is 0 Å². The standard InChI is InChI=1S/C15H25NO2/c1-4-7-8-14(13-9-10-13)12(5-2)11-18-16-15(17)6-3/h7-8,13H,4-6,9-11H2,1-3H3,(H,16,17)/b8-7-,14-12-. The molecule has 0 aromatic rings. The quantitative estimate of drug-likeness (QED) is 0.529. The van der Waals surface area contributed by atoms with Crippen LogP contribution in [0.3, 0.4) is 0 Å². The third kappa shape index (κ3) is 5.05. The van der Waals surface area contributed by atoms with Crippen LogP contribution in [0.4, 0.5) is 0 Å². The zero-order chi connectivity index (χ0) is 13.4. The van der Waals surface area contributed by atoms with Gasteiger partial charge in [0.2, 0.25) is 5.91 Å². The Morgan fingerprint density at radius 3 is 2.50 bits per heavy atom. The molecule has 102 valence electrons. The summed E-state index contributed by atoms with van der Waals surface area (Å²) in [6.07, 6.45) is 9.50. The fourth-order valence-corrected chi connectivity index (χ4v) is 1.85. The summed E-state index contributed by atoms with van der Waals surface area (Å²) in [7, 11) is 0. The first-order valence-corrected chi connectivity index (χ1v) is 7.01. The van der Waals surface area contributed by atoms with Crippen LogP contribution in [-0.2, 0) is 9.63 Å². The molecule has 1 aliphatic rings. The number of allylic oxidation sites excluding steroid dienone is 3. The molecule has 0 unspecified atom stereocenters. The summed E-state index contributed by atoms with van der Waals surface area (Å²) in [6, 6.07) is 0. The number of nitrogens with one attached hydrogen (secondary N) is 1. The van der Waals surface area contributed by atoms with Gasteiger partial charge < -0.3 is 0 Å². The lowest BCUT2D eigenvalue weighted by Crippen LogP contribution is -2.23. The Bertz CT molecular complexity index is 327. The number of rotatable bonds is 8. The Balaban J connectivity index is 2.58. The lowest BCUT2D eigenvalue weighted by atomic mass is 10.0. The minimum atomic E-state index is -0.0671. The molecule has 3 heteroatoms. The van der Waals surface area contributed by atoms with E-state index in [4.69, 9.17) is 4.84 Å². The lowest BCUT2D eigenvalue weighted by Gasteiger charge is -2.11. The summed E-state index contributed by atoms with van der Waals surface area (Å²) < 4.78 is 0. The predicted octanol–water partition coefficient (Wildman–Crippen LogP) is 3.53. The molecule has 0 aromatic carbocycles. The third-order valence-electron chi connectivity index (χ3n) is 3.14. The first kappa shape index (κ1) is 15.0. The van der Waals surface area contributed by atoms with Crippen molar-refractivity contribution in [2.45, 2.75) is 52.9 Å². The van der Waals surface area contributed by atoms with Gasteiger partial charge in [0.05, 0.1) is 6.61 Å². The Morgan fingerprint density at radius 2 is 2.00 bits per heavy atom. The monoisotopic (exact) mass is 251 g/mol. The van der Waals surface area contributed by atoms with Gasteiger partial charge in [0.15, 0.2) is 0 Å².